The van der Waals surface area contributed by atoms with Crippen molar-refractivity contribution in [3.05, 3.63) is 23.2 Å². The van der Waals surface area contributed by atoms with Gasteiger partial charge in [0, 0.05) is 17.5 Å². The Morgan fingerprint density at radius 3 is 2.64 bits per heavy atom. The number of anilines is 1. The van der Waals surface area contributed by atoms with Crippen LogP contribution in [-0.4, -0.2) is 46.6 Å². The van der Waals surface area contributed by atoms with E-state index in [9.17, 15) is 14.7 Å². The van der Waals surface area contributed by atoms with Crippen molar-refractivity contribution in [3.8, 4) is 5.75 Å². The number of rotatable bonds is 5. The second-order valence-electron chi connectivity index (χ2n) is 5.41. The van der Waals surface area contributed by atoms with Gasteiger partial charge in [-0.2, -0.15) is 0 Å². The van der Waals surface area contributed by atoms with Gasteiger partial charge in [-0.3, -0.25) is 9.59 Å². The summed E-state index contributed by atoms with van der Waals surface area (Å²) >= 11 is 5.85. The minimum atomic E-state index is -0.809. The van der Waals surface area contributed by atoms with Crippen molar-refractivity contribution < 1.29 is 19.8 Å². The number of likely N-dealkylation sites (tertiary alicyclic amines) is 1. The van der Waals surface area contributed by atoms with Gasteiger partial charge in [-0.25, -0.2) is 0 Å². The van der Waals surface area contributed by atoms with Crippen molar-refractivity contribution in [1.82, 2.24) is 4.90 Å². The fourth-order valence-corrected chi connectivity index (χ4v) is 2.69. The maximum absolute atomic E-state index is 12.2. The first-order chi connectivity index (χ1) is 10.5. The molecule has 3 N–H and O–H groups in total. The molecule has 6 nitrogen and oxygen atoms in total. The predicted octanol–water partition coefficient (Wildman–Crippen LogP) is 2.17. The smallest absolute Gasteiger partial charge is 0.304 e. The van der Waals surface area contributed by atoms with E-state index in [0.717, 1.165) is 0 Å². The quantitative estimate of drug-likeness (QED) is 0.721. The third-order valence-electron chi connectivity index (χ3n) is 3.82. The molecule has 1 fully saturated rings. The molecule has 1 aliphatic rings. The van der Waals surface area contributed by atoms with Crippen LogP contribution in [0.25, 0.3) is 0 Å². The third-order valence-corrected chi connectivity index (χ3v) is 4.05. The Bertz CT molecular complexity index is 556. The summed E-state index contributed by atoms with van der Waals surface area (Å²) in [6.45, 7) is 1.92. The lowest BCUT2D eigenvalue weighted by Crippen LogP contribution is -2.39. The van der Waals surface area contributed by atoms with E-state index in [1.807, 2.05) is 0 Å². The molecular formula is C15H19ClN2O4. The van der Waals surface area contributed by atoms with Crippen LogP contribution in [0.15, 0.2) is 18.2 Å². The number of piperidine rings is 1. The van der Waals surface area contributed by atoms with Crippen LogP contribution in [0.5, 0.6) is 5.75 Å². The highest BCUT2D eigenvalue weighted by atomic mass is 35.5. The number of halogens is 1. The first-order valence-corrected chi connectivity index (χ1v) is 7.57. The van der Waals surface area contributed by atoms with Gasteiger partial charge in [0.15, 0.2) is 0 Å². The average Bonchev–Trinajstić information content (AvgIpc) is 2.49. The number of phenolic OH excluding ortho intramolecular Hbond substituents is 1. The number of carbonyl (C=O) groups is 2. The largest absolute Gasteiger partial charge is 0.506 e. The number of amides is 1. The van der Waals surface area contributed by atoms with Crippen molar-refractivity contribution >= 4 is 29.2 Å². The second-order valence-corrected chi connectivity index (χ2v) is 5.85. The standard InChI is InChI=1S/C15H19ClN2O4/c16-11-1-2-13(19)12(9-11)17-15(22)10-3-6-18(7-4-10)8-5-14(20)21/h1-2,9-10,19H,3-8H2,(H,17,22)(H,20,21). The summed E-state index contributed by atoms with van der Waals surface area (Å²) in [6.07, 6.45) is 1.47. The molecule has 0 bridgehead atoms. The molecule has 0 aliphatic carbocycles. The number of benzene rings is 1. The molecule has 0 atom stereocenters. The Morgan fingerprint density at radius 1 is 1.32 bits per heavy atom. The highest BCUT2D eigenvalue weighted by molar-refractivity contribution is 6.31. The van der Waals surface area contributed by atoms with E-state index in [2.05, 4.69) is 10.2 Å². The highest BCUT2D eigenvalue weighted by Crippen LogP contribution is 2.28. The number of aliphatic carboxylic acids is 1. The summed E-state index contributed by atoms with van der Waals surface area (Å²) in [4.78, 5) is 24.8. The van der Waals surface area contributed by atoms with Crippen molar-refractivity contribution in [3.63, 3.8) is 0 Å². The van der Waals surface area contributed by atoms with Crippen LogP contribution in [0.3, 0.4) is 0 Å². The Balaban J connectivity index is 1.85. The SMILES string of the molecule is O=C(O)CCN1CCC(C(=O)Nc2cc(Cl)ccc2O)CC1. The van der Waals surface area contributed by atoms with Crippen molar-refractivity contribution in [2.45, 2.75) is 19.3 Å². The molecule has 120 valence electrons. The van der Waals surface area contributed by atoms with E-state index in [4.69, 9.17) is 16.7 Å². The van der Waals surface area contributed by atoms with Crippen LogP contribution in [-0.2, 0) is 9.59 Å². The molecule has 1 aromatic rings. The van der Waals surface area contributed by atoms with Crippen LogP contribution in [0.4, 0.5) is 5.69 Å². The number of nitrogens with zero attached hydrogens (tertiary/aromatic N) is 1. The van der Waals surface area contributed by atoms with E-state index in [1.54, 1.807) is 6.07 Å². The number of carboxylic acid groups (broad SMARTS) is 1. The number of carboxylic acids is 1. The first kappa shape index (κ1) is 16.6. The molecule has 1 heterocycles. The zero-order valence-corrected chi connectivity index (χ0v) is 12.8. The van der Waals surface area contributed by atoms with Crippen LogP contribution in [0.1, 0.15) is 19.3 Å². The van der Waals surface area contributed by atoms with Gasteiger partial charge in [0.2, 0.25) is 5.91 Å². The summed E-state index contributed by atoms with van der Waals surface area (Å²) in [5.41, 5.74) is 0.311. The lowest BCUT2D eigenvalue weighted by atomic mass is 9.95. The van der Waals surface area contributed by atoms with Crippen LogP contribution in [0, 0.1) is 5.92 Å². The van der Waals surface area contributed by atoms with Gasteiger partial charge in [0.25, 0.3) is 0 Å². The molecular weight excluding hydrogens is 308 g/mol. The molecule has 1 aliphatic heterocycles. The minimum absolute atomic E-state index is 0.0170. The Morgan fingerprint density at radius 2 is 2.00 bits per heavy atom. The second kappa shape index (κ2) is 7.47. The molecule has 0 saturated carbocycles. The zero-order valence-electron chi connectivity index (χ0n) is 12.1. The van der Waals surface area contributed by atoms with Crippen molar-refractivity contribution in [1.29, 1.82) is 0 Å². The lowest BCUT2D eigenvalue weighted by molar-refractivity contribution is -0.137. The van der Waals surface area contributed by atoms with Gasteiger partial charge in [0.1, 0.15) is 5.75 Å². The molecule has 1 aromatic carbocycles. The molecule has 7 heteroatoms. The van der Waals surface area contributed by atoms with E-state index in [1.165, 1.54) is 12.1 Å². The fraction of sp³-hybridized carbons (Fsp3) is 0.467. The van der Waals surface area contributed by atoms with E-state index in [0.29, 0.717) is 43.2 Å². The molecule has 0 unspecified atom stereocenters. The topological polar surface area (TPSA) is 89.9 Å². The fourth-order valence-electron chi connectivity index (χ4n) is 2.52. The molecule has 0 aromatic heterocycles. The molecule has 22 heavy (non-hydrogen) atoms. The number of phenols is 1. The minimum Gasteiger partial charge on any atom is -0.506 e. The Kier molecular flexibility index (Phi) is 5.63. The van der Waals surface area contributed by atoms with Crippen molar-refractivity contribution in [2.24, 2.45) is 5.92 Å². The van der Waals surface area contributed by atoms with Crippen LogP contribution < -0.4 is 5.32 Å². The third kappa shape index (κ3) is 4.61. The molecule has 1 saturated heterocycles. The molecule has 0 radical (unpaired) electrons. The first-order valence-electron chi connectivity index (χ1n) is 7.19. The number of nitrogens with one attached hydrogen (secondary N) is 1. The van der Waals surface area contributed by atoms with E-state index >= 15 is 0 Å². The zero-order chi connectivity index (χ0) is 16.1. The molecule has 1 amide bonds. The molecule has 0 spiro atoms. The maximum atomic E-state index is 12.2. The van der Waals surface area contributed by atoms with E-state index in [-0.39, 0.29) is 24.0 Å². The van der Waals surface area contributed by atoms with E-state index < -0.39 is 5.97 Å². The Labute approximate surface area is 133 Å². The average molecular weight is 327 g/mol. The monoisotopic (exact) mass is 326 g/mol. The number of carbonyl (C=O) groups excluding carboxylic acids is 1. The normalized spacial score (nSPS) is 16.4. The highest BCUT2D eigenvalue weighted by Gasteiger charge is 2.25. The summed E-state index contributed by atoms with van der Waals surface area (Å²) in [5, 5.41) is 21.5. The van der Waals surface area contributed by atoms with Crippen molar-refractivity contribution in [2.75, 3.05) is 25.0 Å². The Hall–Kier alpha value is -1.79. The van der Waals surface area contributed by atoms with Gasteiger partial charge in [-0.05, 0) is 44.1 Å². The summed E-state index contributed by atoms with van der Waals surface area (Å²) in [5.74, 6) is -1.11. The summed E-state index contributed by atoms with van der Waals surface area (Å²) < 4.78 is 0. The van der Waals surface area contributed by atoms with Gasteiger partial charge in [-0.15, -0.1) is 0 Å². The summed E-state index contributed by atoms with van der Waals surface area (Å²) in [6, 6.07) is 4.50. The summed E-state index contributed by atoms with van der Waals surface area (Å²) in [7, 11) is 0. The lowest BCUT2D eigenvalue weighted by Gasteiger charge is -2.30. The molecule has 2 rings (SSSR count). The number of aromatic hydroxyl groups is 1. The van der Waals surface area contributed by atoms with Gasteiger partial charge in [-0.1, -0.05) is 11.6 Å². The number of hydrogen-bond donors (Lipinski definition) is 3. The predicted molar refractivity (Wildman–Crippen MR) is 83.2 cm³/mol. The van der Waals surface area contributed by atoms with Gasteiger partial charge >= 0.3 is 5.97 Å². The van der Waals surface area contributed by atoms with Crippen LogP contribution in [0.2, 0.25) is 5.02 Å². The van der Waals surface area contributed by atoms with Crippen LogP contribution >= 0.6 is 11.6 Å². The van der Waals surface area contributed by atoms with Gasteiger partial charge in [0.05, 0.1) is 12.1 Å². The number of hydrogen-bond acceptors (Lipinski definition) is 4. The van der Waals surface area contributed by atoms with Gasteiger partial charge < -0.3 is 20.4 Å². The maximum Gasteiger partial charge on any atom is 0.304 e.